The Bertz CT molecular complexity index is 182. The normalized spacial score (nSPS) is 11.2. The molecule has 0 aromatic heterocycles. The van der Waals surface area contributed by atoms with Crippen LogP contribution in [0.25, 0.3) is 0 Å². The van der Waals surface area contributed by atoms with Gasteiger partial charge in [0.15, 0.2) is 0 Å². The van der Waals surface area contributed by atoms with Gasteiger partial charge in [-0.3, -0.25) is 0 Å². The Hall–Kier alpha value is -0.560. The van der Waals surface area contributed by atoms with E-state index in [4.69, 9.17) is 10.5 Å². The summed E-state index contributed by atoms with van der Waals surface area (Å²) in [6.45, 7) is 9.54. The van der Waals surface area contributed by atoms with Crippen LogP contribution in [0.5, 0.6) is 0 Å². The fourth-order valence-corrected chi connectivity index (χ4v) is 0.958. The first kappa shape index (κ1) is 17.8. The van der Waals surface area contributed by atoms with E-state index >= 15 is 0 Å². The minimum absolute atomic E-state index is 0.176. The molecule has 0 aliphatic heterocycles. The van der Waals surface area contributed by atoms with Gasteiger partial charge in [-0.25, -0.2) is 0 Å². The van der Waals surface area contributed by atoms with Crippen LogP contribution in [0, 0.1) is 17.8 Å². The summed E-state index contributed by atoms with van der Waals surface area (Å²) in [6, 6.07) is 0. The van der Waals surface area contributed by atoms with Crippen LogP contribution in [0.2, 0.25) is 0 Å². The van der Waals surface area contributed by atoms with Crippen LogP contribution in [0.1, 0.15) is 40.5 Å². The Labute approximate surface area is 101 Å². The van der Waals surface area contributed by atoms with Gasteiger partial charge in [-0.05, 0) is 26.4 Å². The van der Waals surface area contributed by atoms with Gasteiger partial charge in [0.25, 0.3) is 0 Å². The first-order chi connectivity index (χ1) is 7.66. The Morgan fingerprint density at radius 1 is 1.31 bits per heavy atom. The van der Waals surface area contributed by atoms with E-state index in [1.165, 1.54) is 0 Å². The van der Waals surface area contributed by atoms with Crippen LogP contribution in [0.15, 0.2) is 0 Å². The van der Waals surface area contributed by atoms with E-state index in [1.807, 2.05) is 20.9 Å². The monoisotopic (exact) mass is 228 g/mol. The van der Waals surface area contributed by atoms with E-state index in [0.717, 1.165) is 19.4 Å². The van der Waals surface area contributed by atoms with Crippen LogP contribution in [-0.2, 0) is 4.74 Å². The topological polar surface area (TPSA) is 47.3 Å². The van der Waals surface area contributed by atoms with Gasteiger partial charge in [0.2, 0.25) is 0 Å². The van der Waals surface area contributed by atoms with Crippen molar-refractivity contribution in [1.82, 2.24) is 5.32 Å². The van der Waals surface area contributed by atoms with Crippen molar-refractivity contribution in [3.8, 4) is 11.8 Å². The molecule has 0 saturated carbocycles. The number of hydrogen-bond donors (Lipinski definition) is 2. The molecule has 0 aliphatic carbocycles. The van der Waals surface area contributed by atoms with Gasteiger partial charge in [-0.2, -0.15) is 0 Å². The van der Waals surface area contributed by atoms with Crippen LogP contribution >= 0.6 is 0 Å². The minimum atomic E-state index is -0.176. The third-order valence-corrected chi connectivity index (χ3v) is 1.68. The Kier molecular flexibility index (Phi) is 16.1. The summed E-state index contributed by atoms with van der Waals surface area (Å²) in [4.78, 5) is 0. The van der Waals surface area contributed by atoms with E-state index in [9.17, 15) is 0 Å². The molecule has 0 radical (unpaired) electrons. The second-order valence-corrected chi connectivity index (χ2v) is 3.57. The Balaban J connectivity index is 0. The van der Waals surface area contributed by atoms with Crippen LogP contribution in [-0.4, -0.2) is 26.4 Å². The van der Waals surface area contributed by atoms with Gasteiger partial charge in [0, 0.05) is 5.92 Å². The van der Waals surface area contributed by atoms with Crippen molar-refractivity contribution in [3.63, 3.8) is 0 Å². The van der Waals surface area contributed by atoms with Crippen LogP contribution in [0.3, 0.4) is 0 Å². The van der Waals surface area contributed by atoms with Gasteiger partial charge >= 0.3 is 0 Å². The lowest BCUT2D eigenvalue weighted by Crippen LogP contribution is -2.25. The van der Waals surface area contributed by atoms with Gasteiger partial charge < -0.3 is 15.8 Å². The third-order valence-electron chi connectivity index (χ3n) is 1.68. The largest absolute Gasteiger partial charge is 0.351 e. The highest BCUT2D eigenvalue weighted by molar-refractivity contribution is 5.01. The lowest BCUT2D eigenvalue weighted by atomic mass is 10.2. The summed E-state index contributed by atoms with van der Waals surface area (Å²) in [5, 5.41) is 3.07. The predicted molar refractivity (Wildman–Crippen MR) is 71.1 cm³/mol. The zero-order chi connectivity index (χ0) is 12.8. The molecule has 0 bridgehead atoms. The molecule has 3 N–H and O–H groups in total. The number of rotatable bonds is 6. The molecule has 16 heavy (non-hydrogen) atoms. The molecular weight excluding hydrogens is 200 g/mol. The van der Waals surface area contributed by atoms with Crippen molar-refractivity contribution >= 4 is 0 Å². The summed E-state index contributed by atoms with van der Waals surface area (Å²) in [5.74, 6) is 6.37. The second-order valence-electron chi connectivity index (χ2n) is 3.57. The summed E-state index contributed by atoms with van der Waals surface area (Å²) in [5.41, 5.74) is 5.71. The maximum Gasteiger partial charge on any atom is 0.109 e. The molecule has 3 heteroatoms. The first-order valence-corrected chi connectivity index (χ1v) is 6.17. The lowest BCUT2D eigenvalue weighted by Gasteiger charge is -2.10. The summed E-state index contributed by atoms with van der Waals surface area (Å²) >= 11 is 0. The SMILES string of the molecule is CC.CNCCCC(N)OCC#CC(C)C. The molecule has 0 aromatic carbocycles. The molecule has 0 saturated heterocycles. The van der Waals surface area contributed by atoms with Crippen LogP contribution in [0.4, 0.5) is 0 Å². The molecule has 0 spiro atoms. The highest BCUT2D eigenvalue weighted by Crippen LogP contribution is 1.94. The number of hydrogen-bond acceptors (Lipinski definition) is 3. The standard InChI is InChI=1S/C11H22N2O.C2H6/c1-10(2)6-5-9-14-11(12)7-4-8-13-3;1-2/h10-11,13H,4,7-9,12H2,1-3H3;1-2H3. The van der Waals surface area contributed by atoms with Crippen molar-refractivity contribution in [2.45, 2.75) is 46.8 Å². The van der Waals surface area contributed by atoms with E-state index in [2.05, 4.69) is 31.0 Å². The second kappa shape index (κ2) is 14.4. The van der Waals surface area contributed by atoms with Crippen molar-refractivity contribution in [1.29, 1.82) is 0 Å². The first-order valence-electron chi connectivity index (χ1n) is 6.17. The summed E-state index contributed by atoms with van der Waals surface area (Å²) in [7, 11) is 1.93. The van der Waals surface area contributed by atoms with Crippen LogP contribution < -0.4 is 11.1 Å². The molecule has 3 nitrogen and oxygen atoms in total. The smallest absolute Gasteiger partial charge is 0.109 e. The van der Waals surface area contributed by atoms with Crippen molar-refractivity contribution < 1.29 is 4.74 Å². The van der Waals surface area contributed by atoms with Crippen molar-refractivity contribution in [2.24, 2.45) is 11.7 Å². The highest BCUT2D eigenvalue weighted by atomic mass is 16.5. The molecular formula is C13H28N2O. The average Bonchev–Trinajstić information content (AvgIpc) is 2.27. The molecule has 0 heterocycles. The third kappa shape index (κ3) is 15.9. The molecule has 0 amide bonds. The van der Waals surface area contributed by atoms with Crippen molar-refractivity contribution in [3.05, 3.63) is 0 Å². The molecule has 0 aromatic rings. The van der Waals surface area contributed by atoms with Crippen molar-refractivity contribution in [2.75, 3.05) is 20.2 Å². The molecule has 1 unspecified atom stereocenters. The maximum atomic E-state index is 5.71. The fourth-order valence-electron chi connectivity index (χ4n) is 0.958. The van der Waals surface area contributed by atoms with Gasteiger partial charge in [-0.1, -0.05) is 39.5 Å². The van der Waals surface area contributed by atoms with E-state index in [0.29, 0.717) is 12.5 Å². The number of ether oxygens (including phenoxy) is 1. The fraction of sp³-hybridized carbons (Fsp3) is 0.846. The maximum absolute atomic E-state index is 5.71. The van der Waals surface area contributed by atoms with E-state index in [1.54, 1.807) is 0 Å². The van der Waals surface area contributed by atoms with Gasteiger partial charge in [-0.15, -0.1) is 0 Å². The molecule has 1 atom stereocenters. The number of nitrogens with one attached hydrogen (secondary N) is 1. The van der Waals surface area contributed by atoms with Gasteiger partial charge in [0.1, 0.15) is 12.8 Å². The molecule has 96 valence electrons. The predicted octanol–water partition coefficient (Wildman–Crippen LogP) is 1.97. The van der Waals surface area contributed by atoms with E-state index < -0.39 is 0 Å². The summed E-state index contributed by atoms with van der Waals surface area (Å²) < 4.78 is 5.32. The Morgan fingerprint density at radius 3 is 2.44 bits per heavy atom. The summed E-state index contributed by atoms with van der Waals surface area (Å²) in [6.07, 6.45) is 1.74. The van der Waals surface area contributed by atoms with E-state index in [-0.39, 0.29) is 6.23 Å². The quantitative estimate of drug-likeness (QED) is 0.415. The highest BCUT2D eigenvalue weighted by Gasteiger charge is 1.99. The molecule has 0 rings (SSSR count). The zero-order valence-electron chi connectivity index (χ0n) is 11.5. The van der Waals surface area contributed by atoms with Gasteiger partial charge in [0.05, 0.1) is 0 Å². The average molecular weight is 228 g/mol. The lowest BCUT2D eigenvalue weighted by molar-refractivity contribution is 0.0749. The molecule has 0 aliphatic rings. The zero-order valence-corrected chi connectivity index (χ0v) is 11.5. The molecule has 0 fully saturated rings. The Morgan fingerprint density at radius 2 is 1.94 bits per heavy atom. The number of nitrogens with two attached hydrogens (primary N) is 1. The minimum Gasteiger partial charge on any atom is -0.351 e.